The van der Waals surface area contributed by atoms with Gasteiger partial charge in [0.15, 0.2) is 0 Å². The largest absolute Gasteiger partial charge is 0.325 e. The van der Waals surface area contributed by atoms with Gasteiger partial charge < -0.3 is 5.32 Å². The van der Waals surface area contributed by atoms with Gasteiger partial charge in [0.05, 0.1) is 6.07 Å². The maximum atomic E-state index is 11.9. The number of amides is 1. The Hall–Kier alpha value is -1.82. The van der Waals surface area contributed by atoms with E-state index < -0.39 is 5.41 Å². The highest BCUT2D eigenvalue weighted by Crippen LogP contribution is 2.45. The number of hydrogen-bond acceptors (Lipinski definition) is 2. The minimum Gasteiger partial charge on any atom is -0.325 e. The van der Waals surface area contributed by atoms with Crippen LogP contribution in [0.25, 0.3) is 0 Å². The molecular formula is C14H16N2O. The lowest BCUT2D eigenvalue weighted by Gasteiger charge is -2.11. The Bertz CT molecular complexity index is 481. The number of nitrogens with one attached hydrogen (secondary N) is 1. The topological polar surface area (TPSA) is 52.9 Å². The van der Waals surface area contributed by atoms with Gasteiger partial charge in [-0.25, -0.2) is 0 Å². The van der Waals surface area contributed by atoms with Gasteiger partial charge in [-0.1, -0.05) is 26.0 Å². The Kier molecular flexibility index (Phi) is 2.89. The van der Waals surface area contributed by atoms with Crippen molar-refractivity contribution in [2.24, 2.45) is 5.41 Å². The monoisotopic (exact) mass is 228 g/mol. The van der Waals surface area contributed by atoms with Crippen molar-refractivity contribution in [1.29, 1.82) is 5.26 Å². The van der Waals surface area contributed by atoms with Crippen molar-refractivity contribution in [2.45, 2.75) is 32.6 Å². The third-order valence-corrected chi connectivity index (χ3v) is 3.21. The lowest BCUT2D eigenvalue weighted by atomic mass is 10.0. The Balaban J connectivity index is 2.12. The summed E-state index contributed by atoms with van der Waals surface area (Å²) in [6.07, 6.45) is 1.36. The molecule has 0 aliphatic heterocycles. The summed E-state index contributed by atoms with van der Waals surface area (Å²) >= 11 is 0. The summed E-state index contributed by atoms with van der Waals surface area (Å²) in [7, 11) is 0. The lowest BCUT2D eigenvalue weighted by Crippen LogP contribution is -2.22. The molecule has 0 unspecified atom stereocenters. The van der Waals surface area contributed by atoms with Crippen molar-refractivity contribution in [3.8, 4) is 6.07 Å². The molecule has 1 saturated carbocycles. The molecule has 1 fully saturated rings. The smallest absolute Gasteiger partial charge is 0.244 e. The van der Waals surface area contributed by atoms with Gasteiger partial charge in [-0.3, -0.25) is 4.79 Å². The van der Waals surface area contributed by atoms with E-state index in [1.165, 1.54) is 5.56 Å². The van der Waals surface area contributed by atoms with Crippen LogP contribution in [0.1, 0.15) is 38.2 Å². The number of hydrogen-bond donors (Lipinski definition) is 1. The molecule has 1 amide bonds. The quantitative estimate of drug-likeness (QED) is 0.864. The number of rotatable bonds is 3. The van der Waals surface area contributed by atoms with E-state index in [4.69, 9.17) is 5.26 Å². The first-order valence-electron chi connectivity index (χ1n) is 5.90. The summed E-state index contributed by atoms with van der Waals surface area (Å²) in [6, 6.07) is 9.89. The van der Waals surface area contributed by atoms with E-state index in [0.717, 1.165) is 5.69 Å². The van der Waals surface area contributed by atoms with E-state index in [1.54, 1.807) is 0 Å². The molecule has 2 rings (SSSR count). The number of carbonyl (C=O) groups excluding carboxylic acids is 1. The van der Waals surface area contributed by atoms with Gasteiger partial charge in [-0.15, -0.1) is 0 Å². The molecule has 0 spiro atoms. The molecule has 3 nitrogen and oxygen atoms in total. The van der Waals surface area contributed by atoms with E-state index in [-0.39, 0.29) is 5.91 Å². The molecular weight excluding hydrogens is 212 g/mol. The van der Waals surface area contributed by atoms with E-state index in [1.807, 2.05) is 24.3 Å². The van der Waals surface area contributed by atoms with E-state index in [2.05, 4.69) is 25.2 Å². The van der Waals surface area contributed by atoms with Gasteiger partial charge in [0.1, 0.15) is 5.41 Å². The lowest BCUT2D eigenvalue weighted by molar-refractivity contribution is -0.119. The Morgan fingerprint density at radius 1 is 1.47 bits per heavy atom. The van der Waals surface area contributed by atoms with Gasteiger partial charge >= 0.3 is 0 Å². The number of benzene rings is 1. The molecule has 1 aliphatic rings. The van der Waals surface area contributed by atoms with E-state index >= 15 is 0 Å². The van der Waals surface area contributed by atoms with Crippen molar-refractivity contribution in [1.82, 2.24) is 0 Å². The normalized spacial score (nSPS) is 16.4. The molecule has 88 valence electrons. The highest BCUT2D eigenvalue weighted by atomic mass is 16.2. The first-order valence-corrected chi connectivity index (χ1v) is 5.90. The summed E-state index contributed by atoms with van der Waals surface area (Å²) < 4.78 is 0. The molecule has 1 aromatic carbocycles. The van der Waals surface area contributed by atoms with Crippen LogP contribution in [0, 0.1) is 16.7 Å². The summed E-state index contributed by atoms with van der Waals surface area (Å²) in [5.74, 6) is 0.263. The zero-order valence-electron chi connectivity index (χ0n) is 10.2. The number of nitrogens with zero attached hydrogens (tertiary/aromatic N) is 1. The third kappa shape index (κ3) is 2.31. The molecule has 0 heterocycles. The predicted octanol–water partition coefficient (Wildman–Crippen LogP) is 3.05. The van der Waals surface area contributed by atoms with Crippen LogP contribution in [0.3, 0.4) is 0 Å². The van der Waals surface area contributed by atoms with Crippen LogP contribution >= 0.6 is 0 Å². The fraction of sp³-hybridized carbons (Fsp3) is 0.429. The predicted molar refractivity (Wildman–Crippen MR) is 66.4 cm³/mol. The fourth-order valence-electron chi connectivity index (χ4n) is 1.74. The molecule has 1 aromatic rings. The van der Waals surface area contributed by atoms with Gasteiger partial charge in [-0.05, 0) is 36.5 Å². The maximum Gasteiger partial charge on any atom is 0.244 e. The van der Waals surface area contributed by atoms with Crippen LogP contribution in [0.5, 0.6) is 0 Å². The summed E-state index contributed by atoms with van der Waals surface area (Å²) in [4.78, 5) is 11.9. The van der Waals surface area contributed by atoms with Crippen molar-refractivity contribution in [2.75, 3.05) is 5.32 Å². The number of anilines is 1. The first kappa shape index (κ1) is 11.7. The maximum absolute atomic E-state index is 11.9. The Morgan fingerprint density at radius 2 is 2.18 bits per heavy atom. The highest BCUT2D eigenvalue weighted by Gasteiger charge is 2.50. The second-order valence-electron chi connectivity index (χ2n) is 4.93. The van der Waals surface area contributed by atoms with Crippen molar-refractivity contribution >= 4 is 11.6 Å². The average Bonchev–Trinajstić information content (AvgIpc) is 3.10. The Morgan fingerprint density at radius 3 is 2.71 bits per heavy atom. The fourth-order valence-corrected chi connectivity index (χ4v) is 1.74. The van der Waals surface area contributed by atoms with Crippen molar-refractivity contribution < 1.29 is 4.79 Å². The average molecular weight is 228 g/mol. The van der Waals surface area contributed by atoms with Crippen molar-refractivity contribution in [3.05, 3.63) is 29.8 Å². The van der Waals surface area contributed by atoms with E-state index in [9.17, 15) is 4.79 Å². The van der Waals surface area contributed by atoms with Crippen LogP contribution in [-0.2, 0) is 4.79 Å². The van der Waals surface area contributed by atoms with Crippen molar-refractivity contribution in [3.63, 3.8) is 0 Å². The van der Waals surface area contributed by atoms with Crippen LogP contribution in [0.4, 0.5) is 5.69 Å². The minimum absolute atomic E-state index is 0.166. The molecule has 3 heteroatoms. The molecule has 1 N–H and O–H groups in total. The van der Waals surface area contributed by atoms with Crippen LogP contribution < -0.4 is 5.32 Å². The standard InChI is InChI=1S/C14H16N2O/c1-10(2)11-4-3-5-12(8-11)16-13(17)14(9-15)6-7-14/h3-5,8,10H,6-7H2,1-2H3,(H,16,17). The summed E-state index contributed by atoms with van der Waals surface area (Å²) in [5.41, 5.74) is 1.21. The highest BCUT2D eigenvalue weighted by molar-refractivity contribution is 5.99. The zero-order valence-corrected chi connectivity index (χ0v) is 10.2. The molecule has 0 atom stereocenters. The second kappa shape index (κ2) is 4.21. The van der Waals surface area contributed by atoms with Crippen LogP contribution in [0.15, 0.2) is 24.3 Å². The van der Waals surface area contributed by atoms with Gasteiger partial charge in [0.25, 0.3) is 0 Å². The third-order valence-electron chi connectivity index (χ3n) is 3.21. The SMILES string of the molecule is CC(C)c1cccc(NC(=O)C2(C#N)CC2)c1. The van der Waals surface area contributed by atoms with Crippen LogP contribution in [0.2, 0.25) is 0 Å². The molecule has 0 saturated heterocycles. The number of nitriles is 1. The zero-order chi connectivity index (χ0) is 12.5. The van der Waals surface area contributed by atoms with Gasteiger partial charge in [0.2, 0.25) is 5.91 Å². The summed E-state index contributed by atoms with van der Waals surface area (Å²) in [6.45, 7) is 4.22. The van der Waals surface area contributed by atoms with Gasteiger partial charge in [-0.2, -0.15) is 5.26 Å². The molecule has 0 aromatic heterocycles. The van der Waals surface area contributed by atoms with Gasteiger partial charge in [0, 0.05) is 5.69 Å². The summed E-state index contributed by atoms with van der Waals surface area (Å²) in [5, 5.41) is 11.8. The molecule has 1 aliphatic carbocycles. The molecule has 17 heavy (non-hydrogen) atoms. The molecule has 0 bridgehead atoms. The minimum atomic E-state index is -0.756. The molecule has 0 radical (unpaired) electrons. The first-order chi connectivity index (χ1) is 8.07. The number of carbonyl (C=O) groups is 1. The van der Waals surface area contributed by atoms with E-state index in [0.29, 0.717) is 18.8 Å². The van der Waals surface area contributed by atoms with Crippen LogP contribution in [-0.4, -0.2) is 5.91 Å². The Labute approximate surface area is 101 Å². The second-order valence-corrected chi connectivity index (χ2v) is 4.93.